The van der Waals surface area contributed by atoms with E-state index in [0.29, 0.717) is 11.9 Å². The summed E-state index contributed by atoms with van der Waals surface area (Å²) < 4.78 is 1.84. The van der Waals surface area contributed by atoms with Crippen molar-refractivity contribution in [3.05, 3.63) is 12.4 Å². The summed E-state index contributed by atoms with van der Waals surface area (Å²) in [4.78, 5) is 8.11. The molecule has 2 heterocycles. The van der Waals surface area contributed by atoms with Gasteiger partial charge in [-0.15, -0.1) is 5.10 Å². The molecule has 16 heavy (non-hydrogen) atoms. The minimum absolute atomic E-state index is 0.408. The molecule has 8 heteroatoms. The maximum atomic E-state index is 5.46. The van der Waals surface area contributed by atoms with Crippen LogP contribution >= 0.6 is 11.8 Å². The fraction of sp³-hybridized carbons (Fsp3) is 0.375. The predicted octanol–water partition coefficient (Wildman–Crippen LogP) is 0.531. The number of rotatable bonds is 3. The van der Waals surface area contributed by atoms with Crippen molar-refractivity contribution in [1.29, 1.82) is 0 Å². The fourth-order valence-electron chi connectivity index (χ4n) is 1.27. The van der Waals surface area contributed by atoms with Gasteiger partial charge in [0.05, 0.1) is 18.4 Å². The number of nitrogens with two attached hydrogens (primary N) is 1. The zero-order valence-electron chi connectivity index (χ0n) is 8.32. The van der Waals surface area contributed by atoms with E-state index in [1.807, 2.05) is 4.68 Å². The van der Waals surface area contributed by atoms with Crippen molar-refractivity contribution in [2.24, 2.45) is 0 Å². The van der Waals surface area contributed by atoms with Gasteiger partial charge in [-0.2, -0.15) is 0 Å². The van der Waals surface area contributed by atoms with Gasteiger partial charge in [-0.3, -0.25) is 0 Å². The van der Waals surface area contributed by atoms with Crippen LogP contribution in [0.3, 0.4) is 0 Å². The van der Waals surface area contributed by atoms with Gasteiger partial charge >= 0.3 is 0 Å². The second-order valence-corrected chi connectivity index (χ2v) is 4.51. The molecule has 0 bridgehead atoms. The molecule has 0 radical (unpaired) electrons. The number of hydrogen-bond acceptors (Lipinski definition) is 7. The second kappa shape index (κ2) is 3.71. The van der Waals surface area contributed by atoms with Crippen LogP contribution in [0.1, 0.15) is 18.9 Å². The van der Waals surface area contributed by atoms with Gasteiger partial charge in [0, 0.05) is 0 Å². The van der Waals surface area contributed by atoms with Crippen molar-refractivity contribution in [1.82, 2.24) is 30.2 Å². The molecular weight excluding hydrogens is 226 g/mol. The molecule has 2 aromatic heterocycles. The summed E-state index contributed by atoms with van der Waals surface area (Å²) in [6.45, 7) is 0. The molecular formula is C8H9N7S. The SMILES string of the molecule is Nc1cnc(Sc2nnnn2C2CC2)cn1. The largest absolute Gasteiger partial charge is 0.382 e. The van der Waals surface area contributed by atoms with Crippen molar-refractivity contribution in [3.63, 3.8) is 0 Å². The Morgan fingerprint density at radius 1 is 1.31 bits per heavy atom. The first-order chi connectivity index (χ1) is 7.83. The standard InChI is InChI=1S/C8H9N7S/c9-6-3-11-7(4-10-6)16-8-12-13-14-15(8)5-1-2-5/h3-5H,1-2H2,(H2,9,10). The van der Waals surface area contributed by atoms with Gasteiger partial charge in [-0.1, -0.05) is 0 Å². The summed E-state index contributed by atoms with van der Waals surface area (Å²) in [5.74, 6) is 0.408. The molecule has 7 nitrogen and oxygen atoms in total. The van der Waals surface area contributed by atoms with Crippen LogP contribution in [-0.2, 0) is 0 Å². The topological polar surface area (TPSA) is 95.4 Å². The molecule has 1 saturated carbocycles. The number of nitrogen functional groups attached to an aromatic ring is 1. The Labute approximate surface area is 95.5 Å². The van der Waals surface area contributed by atoms with Crippen molar-refractivity contribution < 1.29 is 0 Å². The summed E-state index contributed by atoms with van der Waals surface area (Å²) in [6, 6.07) is 0.458. The lowest BCUT2D eigenvalue weighted by Crippen LogP contribution is -1.99. The minimum Gasteiger partial charge on any atom is -0.382 e. The Morgan fingerprint density at radius 2 is 2.19 bits per heavy atom. The molecule has 0 unspecified atom stereocenters. The maximum absolute atomic E-state index is 5.46. The van der Waals surface area contributed by atoms with Crippen molar-refractivity contribution in [2.45, 2.75) is 29.1 Å². The summed E-state index contributed by atoms with van der Waals surface area (Å²) in [6.07, 6.45) is 5.43. The number of anilines is 1. The van der Waals surface area contributed by atoms with Crippen molar-refractivity contribution in [2.75, 3.05) is 5.73 Å². The molecule has 0 aliphatic heterocycles. The molecule has 1 aliphatic rings. The lowest BCUT2D eigenvalue weighted by Gasteiger charge is -2.00. The fourth-order valence-corrected chi connectivity index (χ4v) is 2.03. The van der Waals surface area contributed by atoms with Crippen LogP contribution in [0.4, 0.5) is 5.82 Å². The Bertz CT molecular complexity index is 489. The van der Waals surface area contributed by atoms with E-state index in [0.717, 1.165) is 23.0 Å². The molecule has 2 N–H and O–H groups in total. The quantitative estimate of drug-likeness (QED) is 0.829. The number of aromatic nitrogens is 6. The zero-order chi connectivity index (χ0) is 11.0. The number of hydrogen-bond donors (Lipinski definition) is 1. The molecule has 0 spiro atoms. The first kappa shape index (κ1) is 9.52. The summed E-state index contributed by atoms with van der Waals surface area (Å²) in [5, 5.41) is 13.1. The van der Waals surface area contributed by atoms with Gasteiger partial charge in [0.2, 0.25) is 5.16 Å². The molecule has 0 amide bonds. The average Bonchev–Trinajstić information content (AvgIpc) is 3.03. The van der Waals surface area contributed by atoms with Crippen LogP contribution < -0.4 is 5.73 Å². The van der Waals surface area contributed by atoms with E-state index >= 15 is 0 Å². The number of tetrazole rings is 1. The zero-order valence-corrected chi connectivity index (χ0v) is 9.13. The van der Waals surface area contributed by atoms with Crippen molar-refractivity contribution in [3.8, 4) is 0 Å². The van der Waals surface area contributed by atoms with E-state index in [1.54, 1.807) is 6.20 Å². The van der Waals surface area contributed by atoms with Crippen LogP contribution in [0.15, 0.2) is 22.6 Å². The summed E-state index contributed by atoms with van der Waals surface area (Å²) >= 11 is 1.40. The highest BCUT2D eigenvalue weighted by molar-refractivity contribution is 7.99. The molecule has 82 valence electrons. The van der Waals surface area contributed by atoms with Crippen LogP contribution in [0.2, 0.25) is 0 Å². The van der Waals surface area contributed by atoms with E-state index in [2.05, 4.69) is 25.5 Å². The predicted molar refractivity (Wildman–Crippen MR) is 56.7 cm³/mol. The van der Waals surface area contributed by atoms with Crippen LogP contribution in [0, 0.1) is 0 Å². The van der Waals surface area contributed by atoms with Crippen LogP contribution in [0.25, 0.3) is 0 Å². The maximum Gasteiger partial charge on any atom is 0.215 e. The van der Waals surface area contributed by atoms with Crippen LogP contribution in [0.5, 0.6) is 0 Å². The van der Waals surface area contributed by atoms with Gasteiger partial charge in [0.25, 0.3) is 0 Å². The Kier molecular flexibility index (Phi) is 2.21. The molecule has 0 saturated heterocycles. The highest BCUT2D eigenvalue weighted by Gasteiger charge is 2.28. The molecule has 1 aliphatic carbocycles. The monoisotopic (exact) mass is 235 g/mol. The smallest absolute Gasteiger partial charge is 0.215 e. The van der Waals surface area contributed by atoms with E-state index in [1.165, 1.54) is 18.0 Å². The van der Waals surface area contributed by atoms with E-state index in [-0.39, 0.29) is 0 Å². The van der Waals surface area contributed by atoms with Gasteiger partial charge < -0.3 is 5.73 Å². The van der Waals surface area contributed by atoms with Gasteiger partial charge in [0.1, 0.15) is 10.8 Å². The van der Waals surface area contributed by atoms with E-state index in [9.17, 15) is 0 Å². The van der Waals surface area contributed by atoms with Crippen molar-refractivity contribution >= 4 is 17.6 Å². The molecule has 3 rings (SSSR count). The minimum atomic E-state index is 0.408. The second-order valence-electron chi connectivity index (χ2n) is 3.52. The van der Waals surface area contributed by atoms with E-state index < -0.39 is 0 Å². The highest BCUT2D eigenvalue weighted by Crippen LogP contribution is 2.37. The first-order valence-electron chi connectivity index (χ1n) is 4.86. The van der Waals surface area contributed by atoms with Gasteiger partial charge in [-0.05, 0) is 35.0 Å². The van der Waals surface area contributed by atoms with Gasteiger partial charge in [0.15, 0.2) is 0 Å². The lowest BCUT2D eigenvalue weighted by atomic mass is 10.7. The number of nitrogens with zero attached hydrogens (tertiary/aromatic N) is 6. The molecule has 0 aromatic carbocycles. The van der Waals surface area contributed by atoms with Crippen LogP contribution in [-0.4, -0.2) is 30.2 Å². The lowest BCUT2D eigenvalue weighted by molar-refractivity contribution is 0.565. The van der Waals surface area contributed by atoms with E-state index in [4.69, 9.17) is 5.73 Å². The average molecular weight is 235 g/mol. The summed E-state index contributed by atoms with van der Waals surface area (Å²) in [7, 11) is 0. The third-order valence-corrected chi connectivity index (χ3v) is 3.07. The third kappa shape index (κ3) is 1.83. The molecule has 2 aromatic rings. The highest BCUT2D eigenvalue weighted by atomic mass is 32.2. The molecule has 1 fully saturated rings. The third-order valence-electron chi connectivity index (χ3n) is 2.20. The summed E-state index contributed by atoms with van der Waals surface area (Å²) in [5.41, 5.74) is 5.46. The first-order valence-corrected chi connectivity index (χ1v) is 5.68. The van der Waals surface area contributed by atoms with Gasteiger partial charge in [-0.25, -0.2) is 14.6 Å². The Hall–Kier alpha value is -1.70. The normalized spacial score (nSPS) is 15.2. The Morgan fingerprint density at radius 3 is 2.88 bits per heavy atom. The Balaban J connectivity index is 1.82. The molecule has 0 atom stereocenters.